The minimum atomic E-state index is 0.995. The molecule has 0 radical (unpaired) electrons. The zero-order valence-electron chi connectivity index (χ0n) is 11.4. The zero-order valence-corrected chi connectivity index (χ0v) is 11.4. The molecule has 0 bridgehead atoms. The molecule has 2 saturated carbocycles. The average Bonchev–Trinajstić information content (AvgIpc) is 2.26. The van der Waals surface area contributed by atoms with E-state index in [0.29, 0.717) is 0 Å². The van der Waals surface area contributed by atoms with Crippen molar-refractivity contribution >= 4 is 0 Å². The van der Waals surface area contributed by atoms with Gasteiger partial charge in [0.1, 0.15) is 0 Å². The van der Waals surface area contributed by atoms with Gasteiger partial charge in [-0.1, -0.05) is 47.5 Å². The Morgan fingerprint density at radius 1 is 0.800 bits per heavy atom. The summed E-state index contributed by atoms with van der Waals surface area (Å²) in [7, 11) is 0. The molecule has 0 spiro atoms. The summed E-state index contributed by atoms with van der Waals surface area (Å²) in [5, 5.41) is 0. The van der Waals surface area contributed by atoms with Crippen LogP contribution >= 0.6 is 0 Å². The Morgan fingerprint density at radius 3 is 2.13 bits per heavy atom. The fourth-order valence-corrected chi connectivity index (χ4v) is 3.71. The maximum absolute atomic E-state index is 2.50. The van der Waals surface area contributed by atoms with E-state index in [2.05, 4.69) is 20.8 Å². The Balaban J connectivity index is 0.000000531. The fraction of sp³-hybridized carbons (Fsp3) is 1.00. The predicted molar refractivity (Wildman–Crippen MR) is 68.9 cm³/mol. The lowest BCUT2D eigenvalue weighted by Crippen LogP contribution is -2.35. The molecule has 0 nitrogen and oxygen atoms in total. The summed E-state index contributed by atoms with van der Waals surface area (Å²) in [6.07, 6.45) is 7.58. The SMILES string of the molecule is CC.CC1CCC2C(CCC(C)C2C)C1. The van der Waals surface area contributed by atoms with E-state index in [1.165, 1.54) is 32.1 Å². The predicted octanol–water partition coefficient (Wildman–Crippen LogP) is 5.13. The maximum Gasteiger partial charge on any atom is -0.0357 e. The average molecular weight is 210 g/mol. The lowest BCUT2D eigenvalue weighted by molar-refractivity contribution is 0.0543. The van der Waals surface area contributed by atoms with Gasteiger partial charge in [0.25, 0.3) is 0 Å². The van der Waals surface area contributed by atoms with Crippen LogP contribution in [0.3, 0.4) is 0 Å². The molecule has 90 valence electrons. The molecular weight excluding hydrogens is 180 g/mol. The summed E-state index contributed by atoms with van der Waals surface area (Å²) in [5.41, 5.74) is 0. The van der Waals surface area contributed by atoms with E-state index in [-0.39, 0.29) is 0 Å². The van der Waals surface area contributed by atoms with E-state index in [4.69, 9.17) is 0 Å². The first-order chi connectivity index (χ1) is 7.18. The highest BCUT2D eigenvalue weighted by atomic mass is 14.4. The summed E-state index contributed by atoms with van der Waals surface area (Å²) in [4.78, 5) is 0. The molecule has 5 unspecified atom stereocenters. The quantitative estimate of drug-likeness (QED) is 0.520. The van der Waals surface area contributed by atoms with Crippen LogP contribution in [0.15, 0.2) is 0 Å². The van der Waals surface area contributed by atoms with Crippen LogP contribution in [0.4, 0.5) is 0 Å². The van der Waals surface area contributed by atoms with Crippen molar-refractivity contribution in [2.45, 2.75) is 66.7 Å². The highest BCUT2D eigenvalue weighted by Gasteiger charge is 2.37. The molecular formula is C15H30. The van der Waals surface area contributed by atoms with Crippen molar-refractivity contribution in [3.05, 3.63) is 0 Å². The molecule has 0 heterocycles. The van der Waals surface area contributed by atoms with Crippen molar-refractivity contribution in [3.63, 3.8) is 0 Å². The van der Waals surface area contributed by atoms with Gasteiger partial charge in [0, 0.05) is 0 Å². The summed E-state index contributed by atoms with van der Waals surface area (Å²) < 4.78 is 0. The molecule has 2 aliphatic rings. The van der Waals surface area contributed by atoms with Gasteiger partial charge in [-0.05, 0) is 48.9 Å². The number of hydrogen-bond acceptors (Lipinski definition) is 0. The van der Waals surface area contributed by atoms with Gasteiger partial charge in [-0.25, -0.2) is 0 Å². The molecule has 0 aromatic carbocycles. The first-order valence-corrected chi connectivity index (χ1v) is 7.18. The van der Waals surface area contributed by atoms with E-state index in [0.717, 1.165) is 29.6 Å². The third-order valence-corrected chi connectivity index (χ3v) is 4.87. The first-order valence-electron chi connectivity index (χ1n) is 7.18. The molecule has 0 aromatic heterocycles. The van der Waals surface area contributed by atoms with Crippen LogP contribution in [-0.2, 0) is 0 Å². The van der Waals surface area contributed by atoms with Gasteiger partial charge in [-0.3, -0.25) is 0 Å². The fourth-order valence-electron chi connectivity index (χ4n) is 3.71. The molecule has 0 amide bonds. The smallest absolute Gasteiger partial charge is 0.0357 e. The van der Waals surface area contributed by atoms with Crippen LogP contribution in [0, 0.1) is 29.6 Å². The summed E-state index contributed by atoms with van der Waals surface area (Å²) >= 11 is 0. The number of hydrogen-bond donors (Lipinski definition) is 0. The maximum atomic E-state index is 2.50. The van der Waals surface area contributed by atoms with Crippen LogP contribution in [0.2, 0.25) is 0 Å². The molecule has 15 heavy (non-hydrogen) atoms. The lowest BCUT2D eigenvalue weighted by Gasteiger charge is -2.45. The van der Waals surface area contributed by atoms with Crippen LogP contribution in [0.1, 0.15) is 66.7 Å². The first kappa shape index (κ1) is 13.1. The van der Waals surface area contributed by atoms with Gasteiger partial charge in [0.2, 0.25) is 0 Å². The van der Waals surface area contributed by atoms with Gasteiger partial charge >= 0.3 is 0 Å². The summed E-state index contributed by atoms with van der Waals surface area (Å²) in [6, 6.07) is 0. The third kappa shape index (κ3) is 2.98. The second kappa shape index (κ2) is 5.92. The molecule has 0 saturated heterocycles. The molecule has 2 rings (SSSR count). The molecule has 0 N–H and O–H groups in total. The van der Waals surface area contributed by atoms with Gasteiger partial charge in [0.05, 0.1) is 0 Å². The van der Waals surface area contributed by atoms with Crippen LogP contribution in [0.25, 0.3) is 0 Å². The highest BCUT2D eigenvalue weighted by molar-refractivity contribution is 4.87. The van der Waals surface area contributed by atoms with Crippen molar-refractivity contribution in [3.8, 4) is 0 Å². The van der Waals surface area contributed by atoms with Crippen LogP contribution in [-0.4, -0.2) is 0 Å². The van der Waals surface area contributed by atoms with E-state index in [1.807, 2.05) is 13.8 Å². The van der Waals surface area contributed by atoms with E-state index in [1.54, 1.807) is 0 Å². The normalized spacial score (nSPS) is 45.0. The Kier molecular flexibility index (Phi) is 5.15. The lowest BCUT2D eigenvalue weighted by atomic mass is 9.61. The highest BCUT2D eigenvalue weighted by Crippen LogP contribution is 2.47. The third-order valence-electron chi connectivity index (χ3n) is 4.87. The largest absolute Gasteiger partial charge is 0.0683 e. The second-order valence-electron chi connectivity index (χ2n) is 5.76. The summed E-state index contributed by atoms with van der Waals surface area (Å²) in [6.45, 7) is 11.4. The molecule has 0 heteroatoms. The van der Waals surface area contributed by atoms with Crippen LogP contribution in [0.5, 0.6) is 0 Å². The molecule has 0 aromatic rings. The topological polar surface area (TPSA) is 0 Å². The van der Waals surface area contributed by atoms with Crippen LogP contribution < -0.4 is 0 Å². The second-order valence-corrected chi connectivity index (χ2v) is 5.76. The van der Waals surface area contributed by atoms with E-state index in [9.17, 15) is 0 Å². The number of fused-ring (bicyclic) bond motifs is 1. The molecule has 2 aliphatic carbocycles. The van der Waals surface area contributed by atoms with Gasteiger partial charge < -0.3 is 0 Å². The van der Waals surface area contributed by atoms with Crippen molar-refractivity contribution < 1.29 is 0 Å². The van der Waals surface area contributed by atoms with Crippen molar-refractivity contribution in [2.75, 3.05) is 0 Å². The Bertz CT molecular complexity index is 173. The minimum absolute atomic E-state index is 0.995. The Labute approximate surface area is 96.8 Å². The Morgan fingerprint density at radius 2 is 1.47 bits per heavy atom. The standard InChI is InChI=1S/C13H24.C2H6/c1-9-4-7-13-11(3)10(2)5-6-12(13)8-9;1-2/h9-13H,4-8H2,1-3H3;1-2H3. The minimum Gasteiger partial charge on any atom is -0.0683 e. The molecule has 0 aliphatic heterocycles. The van der Waals surface area contributed by atoms with Crippen molar-refractivity contribution in [2.24, 2.45) is 29.6 Å². The molecule has 2 fully saturated rings. The van der Waals surface area contributed by atoms with Gasteiger partial charge in [-0.15, -0.1) is 0 Å². The molecule has 5 atom stereocenters. The van der Waals surface area contributed by atoms with Gasteiger partial charge in [0.15, 0.2) is 0 Å². The van der Waals surface area contributed by atoms with E-state index >= 15 is 0 Å². The summed E-state index contributed by atoms with van der Waals surface area (Å²) in [5.74, 6) is 5.19. The van der Waals surface area contributed by atoms with Gasteiger partial charge in [-0.2, -0.15) is 0 Å². The van der Waals surface area contributed by atoms with Crippen molar-refractivity contribution in [1.29, 1.82) is 0 Å². The Hall–Kier alpha value is 0. The monoisotopic (exact) mass is 210 g/mol. The number of rotatable bonds is 0. The zero-order chi connectivity index (χ0) is 11.4. The van der Waals surface area contributed by atoms with E-state index < -0.39 is 0 Å². The van der Waals surface area contributed by atoms with Crippen molar-refractivity contribution in [1.82, 2.24) is 0 Å².